The monoisotopic (exact) mass is 337 g/mol. The van der Waals surface area contributed by atoms with Crippen molar-refractivity contribution < 1.29 is 9.21 Å². The van der Waals surface area contributed by atoms with Gasteiger partial charge in [-0.05, 0) is 24.3 Å². The molecule has 7 heteroatoms. The lowest BCUT2D eigenvalue weighted by Gasteiger charge is -2.26. The summed E-state index contributed by atoms with van der Waals surface area (Å²) < 4.78 is 7.21. The Balaban J connectivity index is 1.58. The van der Waals surface area contributed by atoms with Crippen molar-refractivity contribution in [2.24, 2.45) is 7.05 Å². The van der Waals surface area contributed by atoms with E-state index in [-0.39, 0.29) is 5.91 Å². The van der Waals surface area contributed by atoms with Crippen molar-refractivity contribution in [3.8, 4) is 11.3 Å². The van der Waals surface area contributed by atoms with Crippen molar-refractivity contribution in [3.63, 3.8) is 0 Å². The molecule has 128 valence electrons. The van der Waals surface area contributed by atoms with E-state index in [2.05, 4.69) is 15.4 Å². The molecule has 0 unspecified atom stereocenters. The van der Waals surface area contributed by atoms with Crippen LogP contribution in [0.5, 0.6) is 0 Å². The molecule has 25 heavy (non-hydrogen) atoms. The zero-order valence-corrected chi connectivity index (χ0v) is 14.2. The number of hydrogen-bond donors (Lipinski definition) is 1. The minimum absolute atomic E-state index is 0.0943. The topological polar surface area (TPSA) is 76.2 Å². The van der Waals surface area contributed by atoms with Crippen LogP contribution in [-0.4, -0.2) is 32.1 Å². The second-order valence-corrected chi connectivity index (χ2v) is 6.16. The number of oxazole rings is 1. The fraction of sp³-hybridized carbons (Fsp3) is 0.278. The van der Waals surface area contributed by atoms with Crippen LogP contribution in [0.4, 0.5) is 11.5 Å². The van der Waals surface area contributed by atoms with Crippen molar-refractivity contribution in [2.45, 2.75) is 19.9 Å². The van der Waals surface area contributed by atoms with Crippen LogP contribution in [0.1, 0.15) is 18.2 Å². The number of amides is 1. The Hall–Kier alpha value is -3.09. The number of fused-ring (bicyclic) bond motifs is 1. The van der Waals surface area contributed by atoms with Crippen molar-refractivity contribution in [2.75, 3.05) is 11.9 Å². The third kappa shape index (κ3) is 2.88. The molecule has 1 N–H and O–H groups in total. The van der Waals surface area contributed by atoms with Gasteiger partial charge in [0, 0.05) is 49.4 Å². The van der Waals surface area contributed by atoms with Gasteiger partial charge in [0.15, 0.2) is 18.0 Å². The maximum absolute atomic E-state index is 11.7. The summed E-state index contributed by atoms with van der Waals surface area (Å²) in [6.45, 7) is 2.95. The third-order valence-corrected chi connectivity index (χ3v) is 4.55. The lowest BCUT2D eigenvalue weighted by molar-refractivity contribution is -0.129. The molecule has 0 radical (unpaired) electrons. The zero-order valence-electron chi connectivity index (χ0n) is 14.2. The number of hydrogen-bond acceptors (Lipinski definition) is 5. The van der Waals surface area contributed by atoms with Gasteiger partial charge in [0.2, 0.25) is 5.91 Å². The van der Waals surface area contributed by atoms with Crippen LogP contribution in [-0.2, 0) is 24.8 Å². The highest BCUT2D eigenvalue weighted by atomic mass is 16.3. The molecule has 0 fully saturated rings. The highest BCUT2D eigenvalue weighted by molar-refractivity contribution is 5.74. The van der Waals surface area contributed by atoms with E-state index in [1.165, 1.54) is 12.1 Å². The van der Waals surface area contributed by atoms with Crippen molar-refractivity contribution in [1.82, 2.24) is 19.7 Å². The minimum atomic E-state index is 0.0943. The van der Waals surface area contributed by atoms with Crippen LogP contribution in [0.15, 0.2) is 41.3 Å². The first kappa shape index (κ1) is 15.4. The molecule has 0 atom stereocenters. The molecule has 1 aliphatic rings. The van der Waals surface area contributed by atoms with Gasteiger partial charge in [0.25, 0.3) is 0 Å². The van der Waals surface area contributed by atoms with Gasteiger partial charge < -0.3 is 14.6 Å². The second-order valence-electron chi connectivity index (χ2n) is 6.16. The normalized spacial score (nSPS) is 13.6. The van der Waals surface area contributed by atoms with Crippen LogP contribution < -0.4 is 5.32 Å². The highest BCUT2D eigenvalue weighted by Gasteiger charge is 2.25. The molecule has 3 aromatic rings. The fourth-order valence-corrected chi connectivity index (χ4v) is 3.17. The van der Waals surface area contributed by atoms with E-state index < -0.39 is 0 Å². The lowest BCUT2D eigenvalue weighted by atomic mass is 10.1. The van der Waals surface area contributed by atoms with Gasteiger partial charge in [-0.1, -0.05) is 0 Å². The summed E-state index contributed by atoms with van der Waals surface area (Å²) in [6, 6.07) is 7.90. The molecule has 0 aliphatic carbocycles. The molecule has 4 rings (SSSR count). The minimum Gasteiger partial charge on any atom is -0.444 e. The van der Waals surface area contributed by atoms with Crippen LogP contribution in [0.25, 0.3) is 11.3 Å². The Bertz CT molecular complexity index is 896. The Kier molecular flexibility index (Phi) is 3.76. The molecule has 1 aromatic carbocycles. The summed E-state index contributed by atoms with van der Waals surface area (Å²) in [7, 11) is 1.94. The fourth-order valence-electron chi connectivity index (χ4n) is 3.17. The van der Waals surface area contributed by atoms with Gasteiger partial charge in [-0.3, -0.25) is 9.48 Å². The summed E-state index contributed by atoms with van der Waals surface area (Å²) >= 11 is 0. The lowest BCUT2D eigenvalue weighted by Crippen LogP contribution is -2.34. The molecular formula is C18H19N5O2. The Morgan fingerprint density at radius 1 is 1.28 bits per heavy atom. The van der Waals surface area contributed by atoms with Crippen LogP contribution >= 0.6 is 0 Å². The van der Waals surface area contributed by atoms with E-state index in [0.29, 0.717) is 6.54 Å². The van der Waals surface area contributed by atoms with E-state index in [4.69, 9.17) is 4.42 Å². The summed E-state index contributed by atoms with van der Waals surface area (Å²) in [5.74, 6) is 1.63. The molecule has 0 saturated carbocycles. The number of benzene rings is 1. The SMILES string of the molecule is CC(=O)N1CCc2c(c(Nc3ccc(-c4cnco4)cc3)nn2C)C1. The first-order valence-corrected chi connectivity index (χ1v) is 8.18. The number of aryl methyl sites for hydroxylation is 1. The first-order chi connectivity index (χ1) is 12.1. The number of anilines is 2. The van der Waals surface area contributed by atoms with Gasteiger partial charge in [0.05, 0.1) is 12.7 Å². The number of carbonyl (C=O) groups excluding carboxylic acids is 1. The predicted octanol–water partition coefficient (Wildman–Crippen LogP) is 2.72. The van der Waals surface area contributed by atoms with E-state index in [1.807, 2.05) is 40.9 Å². The third-order valence-electron chi connectivity index (χ3n) is 4.55. The van der Waals surface area contributed by atoms with Gasteiger partial charge in [-0.25, -0.2) is 4.98 Å². The molecule has 2 aromatic heterocycles. The maximum atomic E-state index is 11.7. The maximum Gasteiger partial charge on any atom is 0.219 e. The number of carbonyl (C=O) groups is 1. The highest BCUT2D eigenvalue weighted by Crippen LogP contribution is 2.29. The van der Waals surface area contributed by atoms with E-state index in [1.54, 1.807) is 13.1 Å². The standard InChI is InChI=1S/C18H19N5O2/c1-12(24)23-8-7-16-15(10-23)18(21-22(16)2)20-14-5-3-13(4-6-14)17-9-19-11-25-17/h3-6,9,11H,7-8,10H2,1-2H3,(H,20,21). The second kappa shape index (κ2) is 6.08. The summed E-state index contributed by atoms with van der Waals surface area (Å²) in [5, 5.41) is 7.96. The summed E-state index contributed by atoms with van der Waals surface area (Å²) in [6.07, 6.45) is 3.93. The first-order valence-electron chi connectivity index (χ1n) is 8.18. The van der Waals surface area contributed by atoms with Crippen molar-refractivity contribution >= 4 is 17.4 Å². The van der Waals surface area contributed by atoms with Crippen LogP contribution in [0.3, 0.4) is 0 Å². The predicted molar refractivity (Wildman–Crippen MR) is 93.2 cm³/mol. The van der Waals surface area contributed by atoms with E-state index in [0.717, 1.165) is 41.4 Å². The number of rotatable bonds is 3. The Labute approximate surface area is 145 Å². The molecule has 0 bridgehead atoms. The van der Waals surface area contributed by atoms with Gasteiger partial charge in [0.1, 0.15) is 0 Å². The quantitative estimate of drug-likeness (QED) is 0.795. The van der Waals surface area contributed by atoms with Crippen molar-refractivity contribution in [3.05, 3.63) is 48.1 Å². The van der Waals surface area contributed by atoms with Crippen molar-refractivity contribution in [1.29, 1.82) is 0 Å². The van der Waals surface area contributed by atoms with Gasteiger partial charge in [-0.2, -0.15) is 5.10 Å². The van der Waals surface area contributed by atoms with Gasteiger partial charge >= 0.3 is 0 Å². The largest absolute Gasteiger partial charge is 0.444 e. The number of nitrogens with zero attached hydrogens (tertiary/aromatic N) is 4. The Morgan fingerprint density at radius 2 is 2.08 bits per heavy atom. The molecular weight excluding hydrogens is 318 g/mol. The van der Waals surface area contributed by atoms with E-state index >= 15 is 0 Å². The number of aromatic nitrogens is 3. The number of nitrogens with one attached hydrogen (secondary N) is 1. The molecule has 0 spiro atoms. The smallest absolute Gasteiger partial charge is 0.219 e. The summed E-state index contributed by atoms with van der Waals surface area (Å²) in [5.41, 5.74) is 4.17. The van der Waals surface area contributed by atoms with E-state index in [9.17, 15) is 4.79 Å². The van der Waals surface area contributed by atoms with Crippen LogP contribution in [0, 0.1) is 0 Å². The Morgan fingerprint density at radius 3 is 2.76 bits per heavy atom. The van der Waals surface area contributed by atoms with Crippen LogP contribution in [0.2, 0.25) is 0 Å². The summed E-state index contributed by atoms with van der Waals surface area (Å²) in [4.78, 5) is 17.5. The molecule has 1 aliphatic heterocycles. The average molecular weight is 337 g/mol. The molecule has 7 nitrogen and oxygen atoms in total. The molecule has 0 saturated heterocycles. The molecule has 3 heterocycles. The van der Waals surface area contributed by atoms with Gasteiger partial charge in [-0.15, -0.1) is 0 Å². The molecule has 1 amide bonds. The average Bonchev–Trinajstić information content (AvgIpc) is 3.25. The zero-order chi connectivity index (χ0) is 17.4.